The van der Waals surface area contributed by atoms with Gasteiger partial charge in [-0.15, -0.1) is 0 Å². The quantitative estimate of drug-likeness (QED) is 0.612. The van der Waals surface area contributed by atoms with E-state index in [1.807, 2.05) is 35.8 Å². The fraction of sp³-hybridized carbons (Fsp3) is 0.368. The fourth-order valence-corrected chi connectivity index (χ4v) is 4.26. The van der Waals surface area contributed by atoms with Crippen molar-refractivity contribution in [3.63, 3.8) is 0 Å². The molecule has 0 bridgehead atoms. The summed E-state index contributed by atoms with van der Waals surface area (Å²) in [5.41, 5.74) is 1.29. The molecule has 29 heavy (non-hydrogen) atoms. The fourth-order valence-electron chi connectivity index (χ4n) is 2.61. The first kappa shape index (κ1) is 23.0. The summed E-state index contributed by atoms with van der Waals surface area (Å²) in [5, 5.41) is 9.36. The van der Waals surface area contributed by atoms with Crippen LogP contribution in [0.4, 0.5) is 0 Å². The van der Waals surface area contributed by atoms with Gasteiger partial charge in [0.2, 0.25) is 15.9 Å². The van der Waals surface area contributed by atoms with Crippen LogP contribution in [0, 0.1) is 0 Å². The highest BCUT2D eigenvalue weighted by Crippen LogP contribution is 2.20. The number of benzene rings is 1. The van der Waals surface area contributed by atoms with Crippen LogP contribution in [0.2, 0.25) is 0 Å². The van der Waals surface area contributed by atoms with Crippen LogP contribution in [-0.2, 0) is 14.8 Å². The predicted octanol–water partition coefficient (Wildman–Crippen LogP) is 1.15. The lowest BCUT2D eigenvalue weighted by atomic mass is 10.1. The first-order chi connectivity index (χ1) is 13.6. The van der Waals surface area contributed by atoms with E-state index in [-0.39, 0.29) is 29.0 Å². The van der Waals surface area contributed by atoms with E-state index in [0.29, 0.717) is 6.54 Å². The zero-order valence-electron chi connectivity index (χ0n) is 16.9. The van der Waals surface area contributed by atoms with Crippen LogP contribution in [0.5, 0.6) is 0 Å². The predicted molar refractivity (Wildman–Crippen MR) is 113 cm³/mol. The highest BCUT2D eigenvalue weighted by atomic mass is 32.2. The second kappa shape index (κ2) is 9.97. The molecule has 8 nitrogen and oxygen atoms in total. The van der Waals surface area contributed by atoms with Gasteiger partial charge in [0.15, 0.2) is 0 Å². The number of amides is 2. The van der Waals surface area contributed by atoms with Gasteiger partial charge in [0.1, 0.15) is 0 Å². The maximum Gasteiger partial charge on any atom is 0.251 e. The van der Waals surface area contributed by atoms with Gasteiger partial charge in [0.25, 0.3) is 5.91 Å². The normalized spacial score (nSPS) is 12.8. The van der Waals surface area contributed by atoms with Gasteiger partial charge in [-0.3, -0.25) is 9.59 Å². The Labute approximate surface area is 175 Å². The average molecular weight is 439 g/mol. The van der Waals surface area contributed by atoms with E-state index in [2.05, 4.69) is 10.6 Å². The van der Waals surface area contributed by atoms with Crippen LogP contribution in [0.25, 0.3) is 0 Å². The van der Waals surface area contributed by atoms with Gasteiger partial charge in [0.05, 0.1) is 17.5 Å². The SMILES string of the molecule is CN(C)[C@H](CNC(=O)CNC(=O)c1cccc(S(=O)(=O)N(C)C)c1)c1ccsc1. The lowest BCUT2D eigenvalue weighted by molar-refractivity contribution is -0.120. The van der Waals surface area contributed by atoms with Crippen molar-refractivity contribution in [2.75, 3.05) is 41.3 Å². The van der Waals surface area contributed by atoms with Crippen LogP contribution >= 0.6 is 11.3 Å². The number of hydrogen-bond donors (Lipinski definition) is 2. The summed E-state index contributed by atoms with van der Waals surface area (Å²) in [7, 11) is 3.07. The van der Waals surface area contributed by atoms with Crippen molar-refractivity contribution < 1.29 is 18.0 Å². The molecule has 0 aliphatic rings. The Bertz CT molecular complexity index is 941. The molecule has 2 aromatic rings. The van der Waals surface area contributed by atoms with E-state index in [1.54, 1.807) is 11.3 Å². The first-order valence-electron chi connectivity index (χ1n) is 8.89. The summed E-state index contributed by atoms with van der Waals surface area (Å²) >= 11 is 1.59. The van der Waals surface area contributed by atoms with Crippen molar-refractivity contribution in [1.29, 1.82) is 0 Å². The van der Waals surface area contributed by atoms with Crippen LogP contribution in [-0.4, -0.2) is 70.7 Å². The average Bonchev–Trinajstić information content (AvgIpc) is 3.20. The number of rotatable bonds is 9. The number of thiophene rings is 1. The van der Waals surface area contributed by atoms with Gasteiger partial charge in [-0.2, -0.15) is 11.3 Å². The number of sulfonamides is 1. The molecule has 0 saturated carbocycles. The molecule has 0 fully saturated rings. The van der Waals surface area contributed by atoms with Crippen LogP contribution < -0.4 is 10.6 Å². The Morgan fingerprint density at radius 1 is 1.10 bits per heavy atom. The molecule has 2 N–H and O–H groups in total. The molecule has 0 aliphatic heterocycles. The molecule has 0 unspecified atom stereocenters. The molecule has 1 aromatic carbocycles. The Morgan fingerprint density at radius 3 is 2.41 bits per heavy atom. The Balaban J connectivity index is 1.93. The van der Waals surface area contributed by atoms with E-state index in [4.69, 9.17) is 0 Å². The molecule has 0 spiro atoms. The molecule has 2 amide bonds. The van der Waals surface area contributed by atoms with Crippen molar-refractivity contribution in [3.8, 4) is 0 Å². The zero-order chi connectivity index (χ0) is 21.6. The molecule has 0 saturated heterocycles. The molecule has 1 heterocycles. The molecular formula is C19H26N4O4S2. The molecular weight excluding hydrogens is 412 g/mol. The van der Waals surface area contributed by atoms with Crippen molar-refractivity contribution in [1.82, 2.24) is 19.8 Å². The van der Waals surface area contributed by atoms with Crippen LogP contribution in [0.1, 0.15) is 22.0 Å². The number of carbonyl (C=O) groups excluding carboxylic acids is 2. The third-order valence-electron chi connectivity index (χ3n) is 4.33. The molecule has 158 valence electrons. The second-order valence-corrected chi connectivity index (χ2v) is 9.77. The van der Waals surface area contributed by atoms with Crippen molar-refractivity contribution >= 4 is 33.2 Å². The van der Waals surface area contributed by atoms with E-state index < -0.39 is 15.9 Å². The Kier molecular flexibility index (Phi) is 7.91. The number of nitrogens with zero attached hydrogens (tertiary/aromatic N) is 2. The number of carbonyl (C=O) groups is 2. The monoisotopic (exact) mass is 438 g/mol. The van der Waals surface area contributed by atoms with Gasteiger partial charge >= 0.3 is 0 Å². The van der Waals surface area contributed by atoms with Crippen molar-refractivity contribution in [3.05, 3.63) is 52.2 Å². The summed E-state index contributed by atoms with van der Waals surface area (Å²) in [4.78, 5) is 26.5. The standard InChI is InChI=1S/C19H26N4O4S2/c1-22(2)17(15-8-9-28-13-15)11-20-18(24)12-21-19(25)14-6-5-7-16(10-14)29(26,27)23(3)4/h5-10,13,17H,11-12H2,1-4H3,(H,20,24)(H,21,25)/t17-/m1/s1. The molecule has 0 radical (unpaired) electrons. The minimum atomic E-state index is -3.64. The third-order valence-corrected chi connectivity index (χ3v) is 6.84. The van der Waals surface area contributed by atoms with E-state index in [9.17, 15) is 18.0 Å². The van der Waals surface area contributed by atoms with Crippen molar-refractivity contribution in [2.45, 2.75) is 10.9 Å². The van der Waals surface area contributed by atoms with Gasteiger partial charge in [-0.25, -0.2) is 12.7 Å². The summed E-state index contributed by atoms with van der Waals surface area (Å²) in [6.07, 6.45) is 0. The summed E-state index contributed by atoms with van der Waals surface area (Å²) in [6.45, 7) is 0.211. The van der Waals surface area contributed by atoms with E-state index >= 15 is 0 Å². The van der Waals surface area contributed by atoms with Gasteiger partial charge < -0.3 is 15.5 Å². The smallest absolute Gasteiger partial charge is 0.251 e. The van der Waals surface area contributed by atoms with Gasteiger partial charge in [-0.1, -0.05) is 6.07 Å². The van der Waals surface area contributed by atoms with Crippen molar-refractivity contribution in [2.24, 2.45) is 0 Å². The summed E-state index contributed by atoms with van der Waals surface area (Å²) < 4.78 is 25.5. The topological polar surface area (TPSA) is 98.8 Å². The molecule has 0 aliphatic carbocycles. The number of nitrogens with one attached hydrogen (secondary N) is 2. The molecule has 1 aromatic heterocycles. The minimum absolute atomic E-state index is 0.0178. The third kappa shape index (κ3) is 6.10. The minimum Gasteiger partial charge on any atom is -0.353 e. The Morgan fingerprint density at radius 2 is 1.83 bits per heavy atom. The molecule has 10 heteroatoms. The van der Waals surface area contributed by atoms with E-state index in [1.165, 1.54) is 38.4 Å². The summed E-state index contributed by atoms with van der Waals surface area (Å²) in [6, 6.07) is 7.76. The number of likely N-dealkylation sites (N-methyl/N-ethyl adjacent to an activating group) is 1. The van der Waals surface area contributed by atoms with Gasteiger partial charge in [-0.05, 0) is 54.7 Å². The van der Waals surface area contributed by atoms with Crippen LogP contribution in [0.15, 0.2) is 46.0 Å². The summed E-state index contributed by atoms with van der Waals surface area (Å²) in [5.74, 6) is -0.838. The van der Waals surface area contributed by atoms with Gasteiger partial charge in [0, 0.05) is 26.2 Å². The molecule has 2 rings (SSSR count). The maximum absolute atomic E-state index is 12.3. The zero-order valence-corrected chi connectivity index (χ0v) is 18.5. The van der Waals surface area contributed by atoms with E-state index in [0.717, 1.165) is 9.87 Å². The highest BCUT2D eigenvalue weighted by Gasteiger charge is 2.19. The Hall–Kier alpha value is -2.27. The number of hydrogen-bond acceptors (Lipinski definition) is 6. The maximum atomic E-state index is 12.3. The first-order valence-corrected chi connectivity index (χ1v) is 11.3. The molecule has 1 atom stereocenters. The highest BCUT2D eigenvalue weighted by molar-refractivity contribution is 7.89. The second-order valence-electron chi connectivity index (χ2n) is 6.84. The van der Waals surface area contributed by atoms with Crippen LogP contribution in [0.3, 0.4) is 0 Å². The lowest BCUT2D eigenvalue weighted by Crippen LogP contribution is -2.40. The lowest BCUT2D eigenvalue weighted by Gasteiger charge is -2.24. The largest absolute Gasteiger partial charge is 0.353 e.